The second-order valence-corrected chi connectivity index (χ2v) is 2.33. The molecule has 1 heterocycles. The summed E-state index contributed by atoms with van der Waals surface area (Å²) in [6, 6.07) is 8.15. The molecule has 0 saturated heterocycles. The van der Waals surface area contributed by atoms with Gasteiger partial charge in [0.05, 0.1) is 12.2 Å². The SMILES string of the molecule is O=C1NCNc2cc[c]cc21. The summed E-state index contributed by atoms with van der Waals surface area (Å²) in [4.78, 5) is 11.1. The van der Waals surface area contributed by atoms with Crippen LogP contribution in [0.3, 0.4) is 0 Å². The average molecular weight is 147 g/mol. The maximum atomic E-state index is 11.1. The van der Waals surface area contributed by atoms with E-state index in [0.717, 1.165) is 5.69 Å². The fraction of sp³-hybridized carbons (Fsp3) is 0.125. The third-order valence-electron chi connectivity index (χ3n) is 1.64. The van der Waals surface area contributed by atoms with E-state index in [0.29, 0.717) is 12.2 Å². The lowest BCUT2D eigenvalue weighted by atomic mass is 10.1. The number of fused-ring (bicyclic) bond motifs is 1. The maximum Gasteiger partial charge on any atom is 0.254 e. The third-order valence-corrected chi connectivity index (χ3v) is 1.64. The van der Waals surface area contributed by atoms with Gasteiger partial charge in [0.25, 0.3) is 5.91 Å². The highest BCUT2D eigenvalue weighted by molar-refractivity contribution is 6.01. The molecule has 55 valence electrons. The monoisotopic (exact) mass is 147 g/mol. The number of hydrogen-bond donors (Lipinski definition) is 2. The van der Waals surface area contributed by atoms with Crippen LogP contribution in [0.25, 0.3) is 0 Å². The van der Waals surface area contributed by atoms with Crippen molar-refractivity contribution in [1.82, 2.24) is 5.32 Å². The lowest BCUT2D eigenvalue weighted by Crippen LogP contribution is -2.34. The van der Waals surface area contributed by atoms with Crippen LogP contribution in [0, 0.1) is 6.07 Å². The number of carbonyl (C=O) groups is 1. The summed E-state index contributed by atoms with van der Waals surface area (Å²) >= 11 is 0. The minimum atomic E-state index is -0.0319. The molecule has 1 aromatic rings. The summed E-state index contributed by atoms with van der Waals surface area (Å²) in [7, 11) is 0. The molecule has 11 heavy (non-hydrogen) atoms. The fourth-order valence-electron chi connectivity index (χ4n) is 1.09. The molecule has 3 heteroatoms. The highest BCUT2D eigenvalue weighted by Gasteiger charge is 2.13. The Labute approximate surface area is 64.4 Å². The van der Waals surface area contributed by atoms with Crippen LogP contribution in [0.15, 0.2) is 18.2 Å². The molecule has 1 aliphatic heterocycles. The second-order valence-electron chi connectivity index (χ2n) is 2.33. The van der Waals surface area contributed by atoms with Crippen molar-refractivity contribution in [1.29, 1.82) is 0 Å². The molecular weight excluding hydrogens is 140 g/mol. The zero-order valence-electron chi connectivity index (χ0n) is 5.85. The van der Waals surface area contributed by atoms with Gasteiger partial charge in [-0.05, 0) is 18.2 Å². The van der Waals surface area contributed by atoms with Crippen LogP contribution >= 0.6 is 0 Å². The summed E-state index contributed by atoms with van der Waals surface area (Å²) in [5, 5.41) is 5.71. The van der Waals surface area contributed by atoms with Gasteiger partial charge in [0.1, 0.15) is 0 Å². The zero-order valence-corrected chi connectivity index (χ0v) is 5.85. The van der Waals surface area contributed by atoms with Crippen LogP contribution in [-0.4, -0.2) is 12.6 Å². The van der Waals surface area contributed by atoms with Gasteiger partial charge in [0.2, 0.25) is 0 Å². The predicted octanol–water partition coefficient (Wildman–Crippen LogP) is 0.600. The van der Waals surface area contributed by atoms with E-state index in [4.69, 9.17) is 0 Å². The van der Waals surface area contributed by atoms with Gasteiger partial charge >= 0.3 is 0 Å². The second kappa shape index (κ2) is 2.27. The van der Waals surface area contributed by atoms with Gasteiger partial charge < -0.3 is 10.6 Å². The average Bonchev–Trinajstić information content (AvgIpc) is 2.06. The molecule has 0 bridgehead atoms. The number of benzene rings is 1. The van der Waals surface area contributed by atoms with E-state index in [9.17, 15) is 4.79 Å². The van der Waals surface area contributed by atoms with Gasteiger partial charge in [-0.1, -0.05) is 6.07 Å². The molecule has 0 atom stereocenters. The Balaban J connectivity index is 2.52. The Morgan fingerprint density at radius 1 is 1.45 bits per heavy atom. The molecule has 2 N–H and O–H groups in total. The molecule has 0 aliphatic carbocycles. The van der Waals surface area contributed by atoms with E-state index in [-0.39, 0.29) is 5.91 Å². The van der Waals surface area contributed by atoms with Gasteiger partial charge in [0, 0.05) is 5.69 Å². The van der Waals surface area contributed by atoms with Crippen molar-refractivity contribution in [2.45, 2.75) is 0 Å². The predicted molar refractivity (Wildman–Crippen MR) is 41.2 cm³/mol. The summed E-state index contributed by atoms with van der Waals surface area (Å²) < 4.78 is 0. The first kappa shape index (κ1) is 6.22. The van der Waals surface area contributed by atoms with E-state index in [1.54, 1.807) is 12.1 Å². The minimum Gasteiger partial charge on any atom is -0.367 e. The normalized spacial score (nSPS) is 14.7. The maximum absolute atomic E-state index is 11.1. The first-order valence-electron chi connectivity index (χ1n) is 3.40. The number of amides is 1. The van der Waals surface area contributed by atoms with Crippen LogP contribution < -0.4 is 10.6 Å². The number of anilines is 1. The first-order valence-corrected chi connectivity index (χ1v) is 3.40. The van der Waals surface area contributed by atoms with E-state index < -0.39 is 0 Å². The molecule has 0 spiro atoms. The van der Waals surface area contributed by atoms with Crippen LogP contribution in [0.2, 0.25) is 0 Å². The molecule has 2 rings (SSSR count). The quantitative estimate of drug-likeness (QED) is 0.564. The summed E-state index contributed by atoms with van der Waals surface area (Å²) in [5.74, 6) is -0.0319. The zero-order chi connectivity index (χ0) is 7.68. The Bertz CT molecular complexity index is 296. The van der Waals surface area contributed by atoms with Gasteiger partial charge in [0.15, 0.2) is 0 Å². The van der Waals surface area contributed by atoms with Crippen molar-refractivity contribution < 1.29 is 4.79 Å². The molecular formula is C8H7N2O. The van der Waals surface area contributed by atoms with Crippen molar-refractivity contribution in [3.8, 4) is 0 Å². The van der Waals surface area contributed by atoms with Crippen LogP contribution in [-0.2, 0) is 0 Å². The molecule has 1 radical (unpaired) electrons. The van der Waals surface area contributed by atoms with Gasteiger partial charge in [-0.25, -0.2) is 0 Å². The smallest absolute Gasteiger partial charge is 0.254 e. The lowest BCUT2D eigenvalue weighted by molar-refractivity contribution is 0.0953. The highest BCUT2D eigenvalue weighted by Crippen LogP contribution is 2.15. The van der Waals surface area contributed by atoms with E-state index in [1.165, 1.54) is 0 Å². The van der Waals surface area contributed by atoms with Crippen molar-refractivity contribution in [3.63, 3.8) is 0 Å². The number of carbonyl (C=O) groups excluding carboxylic acids is 1. The van der Waals surface area contributed by atoms with Crippen molar-refractivity contribution in [2.75, 3.05) is 12.0 Å². The molecule has 0 unspecified atom stereocenters. The molecule has 3 nitrogen and oxygen atoms in total. The standard InChI is InChI=1S/C8H7N2O/c11-8-6-3-1-2-4-7(6)9-5-10-8/h2-4,9H,5H2,(H,10,11). The van der Waals surface area contributed by atoms with Crippen LogP contribution in [0.5, 0.6) is 0 Å². The minimum absolute atomic E-state index is 0.0319. The Morgan fingerprint density at radius 3 is 3.18 bits per heavy atom. The van der Waals surface area contributed by atoms with Crippen LogP contribution in [0.1, 0.15) is 10.4 Å². The Hall–Kier alpha value is -1.51. The number of rotatable bonds is 0. The molecule has 1 amide bonds. The molecule has 1 aliphatic rings. The fourth-order valence-corrected chi connectivity index (χ4v) is 1.09. The van der Waals surface area contributed by atoms with Crippen molar-refractivity contribution >= 4 is 11.6 Å². The molecule has 0 aromatic heterocycles. The largest absolute Gasteiger partial charge is 0.367 e. The van der Waals surface area contributed by atoms with Crippen LogP contribution in [0.4, 0.5) is 5.69 Å². The third kappa shape index (κ3) is 0.941. The van der Waals surface area contributed by atoms with Gasteiger partial charge in [-0.3, -0.25) is 4.79 Å². The Morgan fingerprint density at radius 2 is 2.36 bits per heavy atom. The summed E-state index contributed by atoms with van der Waals surface area (Å²) in [6.45, 7) is 0.510. The topological polar surface area (TPSA) is 41.1 Å². The lowest BCUT2D eigenvalue weighted by Gasteiger charge is -2.17. The van der Waals surface area contributed by atoms with E-state index >= 15 is 0 Å². The molecule has 0 fully saturated rings. The molecule has 1 aromatic carbocycles. The van der Waals surface area contributed by atoms with Crippen molar-refractivity contribution in [2.24, 2.45) is 0 Å². The number of nitrogens with one attached hydrogen (secondary N) is 2. The van der Waals surface area contributed by atoms with Gasteiger partial charge in [-0.2, -0.15) is 0 Å². The summed E-state index contributed by atoms with van der Waals surface area (Å²) in [6.07, 6.45) is 0. The summed E-state index contributed by atoms with van der Waals surface area (Å²) in [5.41, 5.74) is 1.55. The molecule has 0 saturated carbocycles. The highest BCUT2D eigenvalue weighted by atomic mass is 16.1. The van der Waals surface area contributed by atoms with Gasteiger partial charge in [-0.15, -0.1) is 0 Å². The van der Waals surface area contributed by atoms with E-state index in [2.05, 4.69) is 16.7 Å². The van der Waals surface area contributed by atoms with E-state index in [1.807, 2.05) is 6.07 Å². The Kier molecular flexibility index (Phi) is 1.28. The number of hydrogen-bond acceptors (Lipinski definition) is 2. The first-order chi connectivity index (χ1) is 5.38. The van der Waals surface area contributed by atoms with Crippen molar-refractivity contribution in [3.05, 3.63) is 29.8 Å².